The molecule has 0 spiro atoms. The Morgan fingerprint density at radius 1 is 1.41 bits per heavy atom. The summed E-state index contributed by atoms with van der Waals surface area (Å²) in [4.78, 5) is 24.7. The Labute approximate surface area is 105 Å². The molecule has 2 rings (SSSR count). The summed E-state index contributed by atoms with van der Waals surface area (Å²) in [6.45, 7) is 2.74. The maximum absolute atomic E-state index is 12.0. The fourth-order valence-electron chi connectivity index (χ4n) is 1.80. The van der Waals surface area contributed by atoms with Crippen LogP contribution in [0.3, 0.4) is 0 Å². The van der Waals surface area contributed by atoms with Crippen LogP contribution in [0, 0.1) is 0 Å². The quantitative estimate of drug-likeness (QED) is 0.763. The van der Waals surface area contributed by atoms with Crippen LogP contribution < -0.4 is 0 Å². The Balaban J connectivity index is 2.06. The maximum Gasteiger partial charge on any atom is 0.289 e. The second-order valence-corrected chi connectivity index (χ2v) is 4.80. The number of carbonyl (C=O) groups is 2. The van der Waals surface area contributed by atoms with E-state index in [2.05, 4.69) is 0 Å². The number of carbonyl (C=O) groups excluding carboxylic acids is 2. The van der Waals surface area contributed by atoms with Crippen molar-refractivity contribution in [1.82, 2.24) is 4.90 Å². The number of furan rings is 1. The Kier molecular flexibility index (Phi) is 3.52. The van der Waals surface area contributed by atoms with Crippen LogP contribution in [0.2, 0.25) is 0 Å². The van der Waals surface area contributed by atoms with Gasteiger partial charge in [0.15, 0.2) is 5.76 Å². The molecule has 1 atom stereocenters. The molecule has 0 bridgehead atoms. The first-order valence-corrected chi connectivity index (χ1v) is 6.06. The van der Waals surface area contributed by atoms with Crippen molar-refractivity contribution in [1.29, 1.82) is 0 Å². The van der Waals surface area contributed by atoms with Gasteiger partial charge in [-0.05, 0) is 19.1 Å². The summed E-state index contributed by atoms with van der Waals surface area (Å²) >= 11 is 5.86. The molecule has 1 saturated heterocycles. The Morgan fingerprint density at radius 3 is 2.59 bits per heavy atom. The van der Waals surface area contributed by atoms with Gasteiger partial charge in [0.05, 0.1) is 5.38 Å². The van der Waals surface area contributed by atoms with Crippen molar-refractivity contribution in [2.45, 2.75) is 25.1 Å². The molecule has 1 aromatic heterocycles. The summed E-state index contributed by atoms with van der Waals surface area (Å²) < 4.78 is 5.38. The predicted octanol–water partition coefficient (Wildman–Crippen LogP) is 2.38. The van der Waals surface area contributed by atoms with Crippen molar-refractivity contribution in [3.63, 3.8) is 0 Å². The SMILES string of the molecule is CC(Cl)c1ccc(C(=O)N2CCC(=O)CC2)o1. The number of rotatable bonds is 2. The zero-order valence-electron chi connectivity index (χ0n) is 9.61. The first-order chi connectivity index (χ1) is 8.08. The summed E-state index contributed by atoms with van der Waals surface area (Å²) in [6.07, 6.45) is 0.871. The molecule has 1 aliphatic heterocycles. The highest BCUT2D eigenvalue weighted by Gasteiger charge is 2.24. The third-order valence-corrected chi connectivity index (χ3v) is 3.05. The summed E-state index contributed by atoms with van der Waals surface area (Å²) in [5.41, 5.74) is 0. The molecule has 0 radical (unpaired) electrons. The molecule has 1 aliphatic rings. The first-order valence-electron chi connectivity index (χ1n) is 5.62. The Morgan fingerprint density at radius 2 is 2.06 bits per heavy atom. The van der Waals surface area contributed by atoms with Crippen LogP contribution in [-0.4, -0.2) is 29.7 Å². The average molecular weight is 256 g/mol. The highest BCUT2D eigenvalue weighted by molar-refractivity contribution is 6.20. The van der Waals surface area contributed by atoms with Crippen molar-refractivity contribution in [3.05, 3.63) is 23.7 Å². The first kappa shape index (κ1) is 12.2. The lowest BCUT2D eigenvalue weighted by Gasteiger charge is -2.24. The van der Waals surface area contributed by atoms with Crippen molar-refractivity contribution in [3.8, 4) is 0 Å². The van der Waals surface area contributed by atoms with Gasteiger partial charge in [-0.2, -0.15) is 0 Å². The van der Waals surface area contributed by atoms with Gasteiger partial charge in [0.25, 0.3) is 5.91 Å². The lowest BCUT2D eigenvalue weighted by atomic mass is 10.1. The minimum atomic E-state index is -0.250. The molecule has 4 nitrogen and oxygen atoms in total. The Bertz CT molecular complexity index is 429. The molecule has 1 aromatic rings. The number of ketones is 1. The van der Waals surface area contributed by atoms with Gasteiger partial charge in [-0.3, -0.25) is 9.59 Å². The van der Waals surface area contributed by atoms with E-state index in [0.717, 1.165) is 0 Å². The van der Waals surface area contributed by atoms with Crippen LogP contribution in [0.5, 0.6) is 0 Å². The zero-order valence-corrected chi connectivity index (χ0v) is 10.4. The minimum absolute atomic E-state index is 0.166. The van der Waals surface area contributed by atoms with Crippen molar-refractivity contribution < 1.29 is 14.0 Å². The second-order valence-electron chi connectivity index (χ2n) is 4.15. The molecule has 0 N–H and O–H groups in total. The molecule has 0 aromatic carbocycles. The van der Waals surface area contributed by atoms with E-state index < -0.39 is 0 Å². The third-order valence-electron chi connectivity index (χ3n) is 2.84. The maximum atomic E-state index is 12.0. The molecule has 0 saturated carbocycles. The molecule has 5 heteroatoms. The standard InChI is InChI=1S/C12H14ClNO3/c1-8(13)10-2-3-11(17-10)12(16)14-6-4-9(15)5-7-14/h2-3,8H,4-7H2,1H3. The van der Waals surface area contributed by atoms with Crippen LogP contribution in [0.15, 0.2) is 16.5 Å². The van der Waals surface area contributed by atoms with Gasteiger partial charge in [-0.25, -0.2) is 0 Å². The lowest BCUT2D eigenvalue weighted by Crippen LogP contribution is -2.38. The lowest BCUT2D eigenvalue weighted by molar-refractivity contribution is -0.120. The van der Waals surface area contributed by atoms with E-state index in [0.29, 0.717) is 37.5 Å². The minimum Gasteiger partial charge on any atom is -0.454 e. The largest absolute Gasteiger partial charge is 0.454 e. The summed E-state index contributed by atoms with van der Waals surface area (Å²) in [5, 5.41) is -0.250. The number of likely N-dealkylation sites (tertiary alicyclic amines) is 1. The normalized spacial score (nSPS) is 18.2. The number of amides is 1. The van der Waals surface area contributed by atoms with Gasteiger partial charge in [0.2, 0.25) is 0 Å². The fraction of sp³-hybridized carbons (Fsp3) is 0.500. The van der Waals surface area contributed by atoms with E-state index in [1.807, 2.05) is 0 Å². The van der Waals surface area contributed by atoms with E-state index in [-0.39, 0.29) is 17.1 Å². The van der Waals surface area contributed by atoms with Crippen molar-refractivity contribution >= 4 is 23.3 Å². The second kappa shape index (κ2) is 4.92. The monoisotopic (exact) mass is 255 g/mol. The van der Waals surface area contributed by atoms with Crippen LogP contribution in [-0.2, 0) is 4.79 Å². The molecule has 1 amide bonds. The Hall–Kier alpha value is -1.29. The molecule has 1 unspecified atom stereocenters. The van der Waals surface area contributed by atoms with E-state index in [1.165, 1.54) is 0 Å². The van der Waals surface area contributed by atoms with E-state index in [4.69, 9.17) is 16.0 Å². The van der Waals surface area contributed by atoms with Crippen LogP contribution >= 0.6 is 11.6 Å². The van der Waals surface area contributed by atoms with Gasteiger partial charge in [-0.1, -0.05) is 0 Å². The summed E-state index contributed by atoms with van der Waals surface area (Å²) in [7, 11) is 0. The zero-order chi connectivity index (χ0) is 12.4. The summed E-state index contributed by atoms with van der Waals surface area (Å²) in [6, 6.07) is 3.34. The third kappa shape index (κ3) is 2.69. The van der Waals surface area contributed by atoms with E-state index in [9.17, 15) is 9.59 Å². The number of hydrogen-bond acceptors (Lipinski definition) is 3. The molecule has 17 heavy (non-hydrogen) atoms. The molecule has 92 valence electrons. The smallest absolute Gasteiger partial charge is 0.289 e. The fourth-order valence-corrected chi connectivity index (χ4v) is 1.91. The number of hydrogen-bond donors (Lipinski definition) is 0. The number of halogens is 1. The van der Waals surface area contributed by atoms with Crippen molar-refractivity contribution in [2.75, 3.05) is 13.1 Å². The number of Topliss-reactive ketones (excluding diaryl/α,β-unsaturated/α-hetero) is 1. The van der Waals surface area contributed by atoms with Gasteiger partial charge in [-0.15, -0.1) is 11.6 Å². The highest BCUT2D eigenvalue weighted by atomic mass is 35.5. The molecule has 0 aliphatic carbocycles. The molecular weight excluding hydrogens is 242 g/mol. The van der Waals surface area contributed by atoms with Crippen LogP contribution in [0.1, 0.15) is 41.5 Å². The summed E-state index contributed by atoms with van der Waals surface area (Å²) in [5.74, 6) is 0.926. The van der Waals surface area contributed by atoms with Gasteiger partial charge in [0.1, 0.15) is 11.5 Å². The number of nitrogens with zero attached hydrogens (tertiary/aromatic N) is 1. The molecule has 2 heterocycles. The predicted molar refractivity (Wildman–Crippen MR) is 63.1 cm³/mol. The van der Waals surface area contributed by atoms with E-state index in [1.54, 1.807) is 24.0 Å². The highest BCUT2D eigenvalue weighted by Crippen LogP contribution is 2.22. The number of piperidine rings is 1. The molecular formula is C12H14ClNO3. The van der Waals surface area contributed by atoms with Crippen molar-refractivity contribution in [2.24, 2.45) is 0 Å². The van der Waals surface area contributed by atoms with E-state index >= 15 is 0 Å². The van der Waals surface area contributed by atoms with Crippen LogP contribution in [0.25, 0.3) is 0 Å². The topological polar surface area (TPSA) is 50.5 Å². The van der Waals surface area contributed by atoms with Crippen LogP contribution in [0.4, 0.5) is 0 Å². The number of alkyl halides is 1. The van der Waals surface area contributed by atoms with Gasteiger partial charge in [0, 0.05) is 25.9 Å². The average Bonchev–Trinajstić information content (AvgIpc) is 2.78. The van der Waals surface area contributed by atoms with Gasteiger partial charge >= 0.3 is 0 Å². The van der Waals surface area contributed by atoms with Gasteiger partial charge < -0.3 is 9.32 Å². The molecule has 1 fully saturated rings.